The largest absolute Gasteiger partial charge is 0.464 e. The van der Waals surface area contributed by atoms with Gasteiger partial charge in [0, 0.05) is 12.4 Å². The monoisotopic (exact) mass is 257 g/mol. The molecular formula is C13H11N3O3. The molecule has 0 N–H and O–H groups in total. The highest BCUT2D eigenvalue weighted by atomic mass is 16.3. The Morgan fingerprint density at radius 1 is 1.37 bits per heavy atom. The number of aryl methyl sites for hydroxylation is 1. The van der Waals surface area contributed by atoms with Crippen LogP contribution in [0.5, 0.6) is 0 Å². The second kappa shape index (κ2) is 4.24. The van der Waals surface area contributed by atoms with Crippen molar-refractivity contribution in [2.75, 3.05) is 0 Å². The van der Waals surface area contributed by atoms with Crippen molar-refractivity contribution in [2.45, 2.75) is 6.54 Å². The van der Waals surface area contributed by atoms with Crippen molar-refractivity contribution in [3.63, 3.8) is 0 Å². The van der Waals surface area contributed by atoms with Crippen molar-refractivity contribution in [3.05, 3.63) is 52.9 Å². The Morgan fingerprint density at radius 3 is 2.89 bits per heavy atom. The number of para-hydroxylation sites is 1. The zero-order chi connectivity index (χ0) is 13.4. The molecule has 0 aliphatic rings. The van der Waals surface area contributed by atoms with E-state index < -0.39 is 0 Å². The molecule has 2 heterocycles. The zero-order valence-electron chi connectivity index (χ0n) is 10.2. The van der Waals surface area contributed by atoms with E-state index in [1.807, 2.05) is 18.2 Å². The molecule has 0 aliphatic carbocycles. The van der Waals surface area contributed by atoms with Crippen molar-refractivity contribution >= 4 is 16.8 Å². The molecule has 0 unspecified atom stereocenters. The molecule has 0 aliphatic heterocycles. The van der Waals surface area contributed by atoms with E-state index in [0.29, 0.717) is 11.1 Å². The Morgan fingerprint density at radius 2 is 2.16 bits per heavy atom. The third kappa shape index (κ3) is 1.87. The number of rotatable bonds is 3. The third-order valence-electron chi connectivity index (χ3n) is 2.96. The van der Waals surface area contributed by atoms with Crippen molar-refractivity contribution in [1.29, 1.82) is 0 Å². The van der Waals surface area contributed by atoms with Crippen molar-refractivity contribution in [3.8, 4) is 0 Å². The number of ketones is 1. The summed E-state index contributed by atoms with van der Waals surface area (Å²) in [6.07, 6.45) is 2.80. The minimum Gasteiger partial charge on any atom is -0.464 e. The van der Waals surface area contributed by atoms with E-state index in [1.165, 1.54) is 17.2 Å². The van der Waals surface area contributed by atoms with Gasteiger partial charge in [-0.1, -0.05) is 18.2 Å². The predicted molar refractivity (Wildman–Crippen MR) is 68.0 cm³/mol. The van der Waals surface area contributed by atoms with E-state index in [9.17, 15) is 9.59 Å². The fraction of sp³-hybridized carbons (Fsp3) is 0.154. The summed E-state index contributed by atoms with van der Waals surface area (Å²) < 4.78 is 7.76. The predicted octanol–water partition coefficient (Wildman–Crippen LogP) is 1.21. The number of Topliss-reactive ketones (excluding diaryl/α,β-unsaturated/α-hetero) is 1. The molecule has 0 atom stereocenters. The highest BCUT2D eigenvalue weighted by Crippen LogP contribution is 2.21. The van der Waals surface area contributed by atoms with Crippen LogP contribution >= 0.6 is 0 Å². The lowest BCUT2D eigenvalue weighted by Crippen LogP contribution is -2.26. The van der Waals surface area contributed by atoms with Crippen LogP contribution in [0.4, 0.5) is 0 Å². The molecule has 0 saturated heterocycles. The quantitative estimate of drug-likeness (QED) is 0.661. The molecule has 1 aromatic carbocycles. The van der Waals surface area contributed by atoms with Gasteiger partial charge in [-0.25, -0.2) is 9.48 Å². The first-order chi connectivity index (χ1) is 9.16. The van der Waals surface area contributed by atoms with Gasteiger partial charge >= 0.3 is 5.69 Å². The number of carbonyl (C=O) groups is 1. The summed E-state index contributed by atoms with van der Waals surface area (Å²) >= 11 is 0. The smallest absolute Gasteiger partial charge is 0.345 e. The van der Waals surface area contributed by atoms with Gasteiger partial charge < -0.3 is 4.42 Å². The molecule has 2 aromatic heterocycles. The Labute approximate surface area is 107 Å². The fourth-order valence-electron chi connectivity index (χ4n) is 1.94. The number of benzene rings is 1. The molecular weight excluding hydrogens is 246 g/mol. The summed E-state index contributed by atoms with van der Waals surface area (Å²) in [4.78, 5) is 23.8. The molecule has 96 valence electrons. The highest BCUT2D eigenvalue weighted by molar-refractivity contribution is 6.06. The van der Waals surface area contributed by atoms with E-state index in [1.54, 1.807) is 13.1 Å². The minimum absolute atomic E-state index is 0.0940. The van der Waals surface area contributed by atoms with Gasteiger partial charge in [0.1, 0.15) is 24.7 Å². The van der Waals surface area contributed by atoms with E-state index >= 15 is 0 Å². The topological polar surface area (TPSA) is 70.0 Å². The first kappa shape index (κ1) is 11.5. The maximum absolute atomic E-state index is 12.2. The maximum Gasteiger partial charge on any atom is 0.345 e. The molecule has 0 spiro atoms. The minimum atomic E-state index is -0.318. The standard InChI is InChI=1S/C13H11N3O3/c1-15-8-14-16(13(15)18)6-11(17)10-7-19-12-5-3-2-4-9(10)12/h2-5,7-8H,6H2,1H3. The molecule has 0 radical (unpaired) electrons. The summed E-state index contributed by atoms with van der Waals surface area (Å²) in [5.41, 5.74) is 0.800. The Bertz CT molecular complexity index is 810. The van der Waals surface area contributed by atoms with Crippen molar-refractivity contribution in [1.82, 2.24) is 14.3 Å². The van der Waals surface area contributed by atoms with Gasteiger partial charge in [0.05, 0.1) is 5.56 Å². The van der Waals surface area contributed by atoms with Crippen LogP contribution in [0.25, 0.3) is 11.0 Å². The van der Waals surface area contributed by atoms with Crippen LogP contribution < -0.4 is 5.69 Å². The van der Waals surface area contributed by atoms with Crippen LogP contribution in [0.1, 0.15) is 10.4 Å². The zero-order valence-corrected chi connectivity index (χ0v) is 10.2. The normalized spacial score (nSPS) is 11.0. The number of furan rings is 1. The second-order valence-corrected chi connectivity index (χ2v) is 4.25. The number of fused-ring (bicyclic) bond motifs is 1. The summed E-state index contributed by atoms with van der Waals surface area (Å²) in [5, 5.41) is 4.61. The highest BCUT2D eigenvalue weighted by Gasteiger charge is 2.15. The lowest BCUT2D eigenvalue weighted by molar-refractivity contribution is 0.0967. The van der Waals surface area contributed by atoms with E-state index in [0.717, 1.165) is 10.1 Å². The van der Waals surface area contributed by atoms with E-state index in [2.05, 4.69) is 5.10 Å². The van der Waals surface area contributed by atoms with Gasteiger partial charge in [-0.2, -0.15) is 5.10 Å². The first-order valence-electron chi connectivity index (χ1n) is 5.74. The average molecular weight is 257 g/mol. The van der Waals surface area contributed by atoms with Crippen LogP contribution in [0.2, 0.25) is 0 Å². The number of hydrogen-bond acceptors (Lipinski definition) is 4. The Hall–Kier alpha value is -2.63. The van der Waals surface area contributed by atoms with Gasteiger partial charge in [-0.15, -0.1) is 0 Å². The molecule has 3 aromatic rings. The van der Waals surface area contributed by atoms with Gasteiger partial charge in [0.25, 0.3) is 0 Å². The summed E-state index contributed by atoms with van der Waals surface area (Å²) in [5.74, 6) is -0.203. The molecule has 19 heavy (non-hydrogen) atoms. The molecule has 0 bridgehead atoms. The Kier molecular flexibility index (Phi) is 2.56. The van der Waals surface area contributed by atoms with E-state index in [-0.39, 0.29) is 18.0 Å². The van der Waals surface area contributed by atoms with Gasteiger partial charge in [-0.3, -0.25) is 9.36 Å². The number of aromatic nitrogens is 3. The van der Waals surface area contributed by atoms with Crippen LogP contribution in [0.15, 0.2) is 46.1 Å². The van der Waals surface area contributed by atoms with E-state index in [4.69, 9.17) is 4.42 Å². The van der Waals surface area contributed by atoms with Crippen molar-refractivity contribution in [2.24, 2.45) is 7.05 Å². The number of carbonyl (C=O) groups excluding carboxylic acids is 1. The van der Waals surface area contributed by atoms with Crippen LogP contribution in [-0.4, -0.2) is 20.1 Å². The van der Waals surface area contributed by atoms with Crippen LogP contribution in [0, 0.1) is 0 Å². The lowest BCUT2D eigenvalue weighted by Gasteiger charge is -1.97. The summed E-state index contributed by atoms with van der Waals surface area (Å²) in [6, 6.07) is 7.28. The van der Waals surface area contributed by atoms with Gasteiger partial charge in [-0.05, 0) is 6.07 Å². The van der Waals surface area contributed by atoms with Crippen LogP contribution in [-0.2, 0) is 13.6 Å². The second-order valence-electron chi connectivity index (χ2n) is 4.25. The molecule has 6 heteroatoms. The third-order valence-corrected chi connectivity index (χ3v) is 2.96. The van der Waals surface area contributed by atoms with Crippen LogP contribution in [0.3, 0.4) is 0 Å². The first-order valence-corrected chi connectivity index (χ1v) is 5.74. The van der Waals surface area contributed by atoms with Crippen molar-refractivity contribution < 1.29 is 9.21 Å². The fourth-order valence-corrected chi connectivity index (χ4v) is 1.94. The SMILES string of the molecule is Cn1cnn(CC(=O)c2coc3ccccc23)c1=O. The molecule has 3 rings (SSSR count). The summed E-state index contributed by atoms with van der Waals surface area (Å²) in [6.45, 7) is -0.0940. The summed E-state index contributed by atoms with van der Waals surface area (Å²) in [7, 11) is 1.59. The van der Waals surface area contributed by atoms with Gasteiger partial charge in [0.2, 0.25) is 0 Å². The Balaban J connectivity index is 1.96. The number of nitrogens with zero attached hydrogens (tertiary/aromatic N) is 3. The maximum atomic E-state index is 12.2. The molecule has 0 fully saturated rings. The number of hydrogen-bond donors (Lipinski definition) is 0. The molecule has 6 nitrogen and oxygen atoms in total. The molecule has 0 amide bonds. The lowest BCUT2D eigenvalue weighted by atomic mass is 10.1. The van der Waals surface area contributed by atoms with Gasteiger partial charge in [0.15, 0.2) is 5.78 Å². The molecule has 0 saturated carbocycles. The average Bonchev–Trinajstić information content (AvgIpc) is 2.97.